The molecule has 0 aliphatic heterocycles. The zero-order valence-corrected chi connectivity index (χ0v) is 10.4. The standard InChI is InChI=1S/C14H10F3NO2/c1-7-6-8(2-5-11(7)19)18-14(20)9-3-4-10(15)13(17)12(9)16/h2-6,19H,1H3,(H,18,20). The number of aromatic hydroxyl groups is 1. The number of nitrogens with one attached hydrogen (secondary N) is 1. The molecule has 6 heteroatoms. The molecule has 104 valence electrons. The van der Waals surface area contributed by atoms with Crippen LogP contribution in [0.25, 0.3) is 0 Å². The van der Waals surface area contributed by atoms with E-state index in [2.05, 4.69) is 5.32 Å². The van der Waals surface area contributed by atoms with Crippen molar-refractivity contribution in [1.29, 1.82) is 0 Å². The second-order valence-electron chi connectivity index (χ2n) is 4.18. The molecule has 0 spiro atoms. The number of halogens is 3. The highest BCUT2D eigenvalue weighted by Crippen LogP contribution is 2.21. The largest absolute Gasteiger partial charge is 0.508 e. The van der Waals surface area contributed by atoms with E-state index in [4.69, 9.17) is 0 Å². The minimum Gasteiger partial charge on any atom is -0.508 e. The molecule has 0 atom stereocenters. The van der Waals surface area contributed by atoms with Crippen LogP contribution in [0.15, 0.2) is 30.3 Å². The Balaban J connectivity index is 2.28. The first-order chi connectivity index (χ1) is 9.40. The first-order valence-corrected chi connectivity index (χ1v) is 5.64. The summed E-state index contributed by atoms with van der Waals surface area (Å²) in [6.45, 7) is 1.61. The molecule has 2 aromatic carbocycles. The van der Waals surface area contributed by atoms with Crippen LogP contribution in [0.5, 0.6) is 5.75 Å². The van der Waals surface area contributed by atoms with E-state index < -0.39 is 28.9 Å². The minimum absolute atomic E-state index is 0.0435. The smallest absolute Gasteiger partial charge is 0.258 e. The van der Waals surface area contributed by atoms with Gasteiger partial charge in [-0.2, -0.15) is 0 Å². The number of rotatable bonds is 2. The van der Waals surface area contributed by atoms with E-state index in [9.17, 15) is 23.1 Å². The second kappa shape index (κ2) is 5.24. The summed E-state index contributed by atoms with van der Waals surface area (Å²) < 4.78 is 39.3. The molecule has 0 heterocycles. The normalized spacial score (nSPS) is 10.4. The van der Waals surface area contributed by atoms with Crippen molar-refractivity contribution >= 4 is 11.6 Å². The van der Waals surface area contributed by atoms with Gasteiger partial charge in [0.15, 0.2) is 17.5 Å². The Morgan fingerprint density at radius 3 is 2.45 bits per heavy atom. The van der Waals surface area contributed by atoms with E-state index >= 15 is 0 Å². The summed E-state index contributed by atoms with van der Waals surface area (Å²) >= 11 is 0. The molecule has 0 fully saturated rings. The first kappa shape index (κ1) is 13.9. The molecule has 2 N–H and O–H groups in total. The van der Waals surface area contributed by atoms with E-state index in [1.54, 1.807) is 6.92 Å². The molecule has 0 radical (unpaired) electrons. The molecule has 0 aliphatic rings. The lowest BCUT2D eigenvalue weighted by Crippen LogP contribution is -2.15. The third-order valence-corrected chi connectivity index (χ3v) is 2.73. The van der Waals surface area contributed by atoms with Crippen molar-refractivity contribution in [3.63, 3.8) is 0 Å². The number of phenols is 1. The maximum Gasteiger partial charge on any atom is 0.258 e. The first-order valence-electron chi connectivity index (χ1n) is 5.64. The second-order valence-corrected chi connectivity index (χ2v) is 4.18. The third-order valence-electron chi connectivity index (χ3n) is 2.73. The van der Waals surface area contributed by atoms with Crippen LogP contribution in [0.4, 0.5) is 18.9 Å². The average molecular weight is 281 g/mol. The fourth-order valence-corrected chi connectivity index (χ4v) is 1.63. The molecule has 0 bridgehead atoms. The minimum atomic E-state index is -1.69. The summed E-state index contributed by atoms with van der Waals surface area (Å²) in [6.07, 6.45) is 0. The van der Waals surface area contributed by atoms with Crippen LogP contribution in [0.1, 0.15) is 15.9 Å². The van der Waals surface area contributed by atoms with E-state index in [1.165, 1.54) is 18.2 Å². The number of hydrogen-bond acceptors (Lipinski definition) is 2. The van der Waals surface area contributed by atoms with E-state index in [0.29, 0.717) is 17.3 Å². The summed E-state index contributed by atoms with van der Waals surface area (Å²) in [5.41, 5.74) is 0.206. The highest BCUT2D eigenvalue weighted by molar-refractivity contribution is 6.04. The Kier molecular flexibility index (Phi) is 3.65. The number of phenolic OH excluding ortho intramolecular Hbond substituents is 1. The molecule has 3 nitrogen and oxygen atoms in total. The van der Waals surface area contributed by atoms with Gasteiger partial charge in [-0.3, -0.25) is 4.79 Å². The molecular weight excluding hydrogens is 271 g/mol. The van der Waals surface area contributed by atoms with E-state index in [-0.39, 0.29) is 5.75 Å². The van der Waals surface area contributed by atoms with Crippen LogP contribution in [-0.4, -0.2) is 11.0 Å². The monoisotopic (exact) mass is 281 g/mol. The van der Waals surface area contributed by atoms with E-state index in [0.717, 1.165) is 6.07 Å². The summed E-state index contributed by atoms with van der Waals surface area (Å²) in [5.74, 6) is -5.47. The van der Waals surface area contributed by atoms with Crippen molar-refractivity contribution in [1.82, 2.24) is 0 Å². The number of benzene rings is 2. The summed E-state index contributed by atoms with van der Waals surface area (Å²) in [5, 5.41) is 11.7. The number of hydrogen-bond donors (Lipinski definition) is 2. The van der Waals surface area contributed by atoms with Gasteiger partial charge in [-0.25, -0.2) is 13.2 Å². The van der Waals surface area contributed by atoms with Gasteiger partial charge in [-0.1, -0.05) is 0 Å². The predicted octanol–water partition coefficient (Wildman–Crippen LogP) is 3.37. The topological polar surface area (TPSA) is 49.3 Å². The van der Waals surface area contributed by atoms with Crippen LogP contribution < -0.4 is 5.32 Å². The molecule has 2 aromatic rings. The van der Waals surface area contributed by atoms with Gasteiger partial charge >= 0.3 is 0 Å². The lowest BCUT2D eigenvalue weighted by atomic mass is 10.1. The Bertz CT molecular complexity index is 686. The van der Waals surface area contributed by atoms with Gasteiger partial charge in [0.25, 0.3) is 5.91 Å². The molecule has 1 amide bonds. The number of carbonyl (C=O) groups is 1. The molecule has 0 aromatic heterocycles. The Hall–Kier alpha value is -2.50. The van der Waals surface area contributed by atoms with Gasteiger partial charge < -0.3 is 10.4 Å². The summed E-state index contributed by atoms with van der Waals surface area (Å²) in [7, 11) is 0. The lowest BCUT2D eigenvalue weighted by Gasteiger charge is -2.08. The number of carbonyl (C=O) groups excluding carboxylic acids is 1. The molecule has 0 saturated carbocycles. The van der Waals surface area contributed by atoms with Gasteiger partial charge in [0.2, 0.25) is 0 Å². The van der Waals surface area contributed by atoms with Crippen molar-refractivity contribution < 1.29 is 23.1 Å². The zero-order valence-electron chi connectivity index (χ0n) is 10.4. The van der Waals surface area contributed by atoms with Crippen molar-refractivity contribution in [3.05, 3.63) is 58.9 Å². The van der Waals surface area contributed by atoms with Gasteiger partial charge in [0.1, 0.15) is 5.75 Å². The molecule has 0 unspecified atom stereocenters. The maximum atomic E-state index is 13.4. The average Bonchev–Trinajstić information content (AvgIpc) is 2.40. The molecular formula is C14H10F3NO2. The van der Waals surface area contributed by atoms with Crippen molar-refractivity contribution in [2.45, 2.75) is 6.92 Å². The van der Waals surface area contributed by atoms with Gasteiger partial charge in [0, 0.05) is 5.69 Å². The lowest BCUT2D eigenvalue weighted by molar-refractivity contribution is 0.102. The Morgan fingerprint density at radius 2 is 1.80 bits per heavy atom. The molecule has 0 aliphatic carbocycles. The highest BCUT2D eigenvalue weighted by atomic mass is 19.2. The summed E-state index contributed by atoms with van der Waals surface area (Å²) in [4.78, 5) is 11.8. The fraction of sp³-hybridized carbons (Fsp3) is 0.0714. The van der Waals surface area contributed by atoms with Crippen molar-refractivity contribution in [2.24, 2.45) is 0 Å². The maximum absolute atomic E-state index is 13.4. The molecule has 0 saturated heterocycles. The number of anilines is 1. The van der Waals surface area contributed by atoms with Crippen molar-refractivity contribution in [3.8, 4) is 5.75 Å². The van der Waals surface area contributed by atoms with Gasteiger partial charge in [0.05, 0.1) is 5.56 Å². The highest BCUT2D eigenvalue weighted by Gasteiger charge is 2.18. The van der Waals surface area contributed by atoms with Crippen LogP contribution in [-0.2, 0) is 0 Å². The number of amides is 1. The van der Waals surface area contributed by atoms with E-state index in [1.807, 2.05) is 0 Å². The predicted molar refractivity (Wildman–Crippen MR) is 67.1 cm³/mol. The fourth-order valence-electron chi connectivity index (χ4n) is 1.63. The van der Waals surface area contributed by atoms with Crippen LogP contribution in [0.2, 0.25) is 0 Å². The van der Waals surface area contributed by atoms with Gasteiger partial charge in [-0.05, 0) is 42.8 Å². The Morgan fingerprint density at radius 1 is 1.10 bits per heavy atom. The number of aryl methyl sites for hydroxylation is 1. The molecule has 20 heavy (non-hydrogen) atoms. The Labute approximate surface area is 112 Å². The van der Waals surface area contributed by atoms with Gasteiger partial charge in [-0.15, -0.1) is 0 Å². The van der Waals surface area contributed by atoms with Crippen LogP contribution in [0.3, 0.4) is 0 Å². The van der Waals surface area contributed by atoms with Crippen molar-refractivity contribution in [2.75, 3.05) is 5.32 Å². The zero-order chi connectivity index (χ0) is 14.9. The van der Waals surface area contributed by atoms with Crippen LogP contribution in [0, 0.1) is 24.4 Å². The SMILES string of the molecule is Cc1cc(NC(=O)c2ccc(F)c(F)c2F)ccc1O. The quantitative estimate of drug-likeness (QED) is 0.655. The third kappa shape index (κ3) is 2.59. The van der Waals surface area contributed by atoms with Crippen LogP contribution >= 0.6 is 0 Å². The molecule has 2 rings (SSSR count). The summed E-state index contributed by atoms with van der Waals surface area (Å²) in [6, 6.07) is 5.75.